The Bertz CT molecular complexity index is 2490. The maximum atomic E-state index is 11.9. The van der Waals surface area contributed by atoms with Crippen LogP contribution in [0, 0.1) is 41.9 Å². The van der Waals surface area contributed by atoms with Gasteiger partial charge in [0.05, 0.1) is 41.0 Å². The second-order valence-electron chi connectivity index (χ2n) is 13.4. The molecule has 0 saturated carbocycles. The molecule has 0 atom stereocenters. The summed E-state index contributed by atoms with van der Waals surface area (Å²) in [6, 6.07) is 21.4. The molecule has 1 N–H and O–H groups in total. The van der Waals surface area contributed by atoms with Crippen LogP contribution >= 0.6 is 23.2 Å². The fourth-order valence-electron chi connectivity index (χ4n) is 6.25. The van der Waals surface area contributed by atoms with E-state index in [2.05, 4.69) is 16.0 Å². The normalized spacial score (nSPS) is 10.5. The Morgan fingerprint density at radius 3 is 1.45 bits per heavy atom. The lowest BCUT2D eigenvalue weighted by atomic mass is 9.91. The number of nitriles is 2. The van der Waals surface area contributed by atoms with E-state index in [-0.39, 0.29) is 42.8 Å². The molecule has 0 unspecified atom stereocenters. The number of nitrogens with zero attached hydrogens (tertiary/aromatic N) is 4. The number of carbonyl (C=O) groups is 1. The SMILES string of the molecule is COc1cc(COc2cc(OCc3cncc(C#N)c3)c(C=N)cc2Cl)c(C)c(-c2cc(OC)cc(COc3cc(OCc4cncc(C#N)c4)c(C=O)cc3Cl)c2C)c1. The first kappa shape index (κ1) is 42.5. The number of pyridine rings is 2. The van der Waals surface area contributed by atoms with Crippen molar-refractivity contribution in [2.45, 2.75) is 40.3 Å². The van der Waals surface area contributed by atoms with Gasteiger partial charge in [0.2, 0.25) is 0 Å². The van der Waals surface area contributed by atoms with E-state index in [0.717, 1.165) is 39.6 Å². The van der Waals surface area contributed by atoms with Crippen molar-refractivity contribution in [1.29, 1.82) is 15.9 Å². The van der Waals surface area contributed by atoms with Crippen LogP contribution in [0.5, 0.6) is 34.5 Å². The number of ether oxygens (including phenoxy) is 6. The van der Waals surface area contributed by atoms with Gasteiger partial charge in [-0.05, 0) is 95.8 Å². The predicted molar refractivity (Wildman–Crippen MR) is 226 cm³/mol. The highest BCUT2D eigenvalue weighted by molar-refractivity contribution is 6.32. The molecule has 6 aromatic rings. The van der Waals surface area contributed by atoms with Crippen LogP contribution in [0.4, 0.5) is 0 Å². The van der Waals surface area contributed by atoms with Crippen LogP contribution in [0.1, 0.15) is 60.4 Å². The largest absolute Gasteiger partial charge is 0.497 e. The van der Waals surface area contributed by atoms with Crippen molar-refractivity contribution in [3.8, 4) is 57.8 Å². The molecule has 0 spiro atoms. The van der Waals surface area contributed by atoms with Crippen LogP contribution in [-0.2, 0) is 26.4 Å². The van der Waals surface area contributed by atoms with Gasteiger partial charge in [0.25, 0.3) is 0 Å². The van der Waals surface area contributed by atoms with E-state index < -0.39 is 0 Å². The zero-order valence-electron chi connectivity index (χ0n) is 33.0. The molecule has 4 aromatic carbocycles. The van der Waals surface area contributed by atoms with Gasteiger partial charge < -0.3 is 33.8 Å². The number of aldehydes is 1. The maximum Gasteiger partial charge on any atom is 0.153 e. The van der Waals surface area contributed by atoms with Crippen LogP contribution in [0.3, 0.4) is 0 Å². The summed E-state index contributed by atoms with van der Waals surface area (Å²) < 4.78 is 36.0. The van der Waals surface area contributed by atoms with Crippen molar-refractivity contribution in [3.05, 3.63) is 151 Å². The van der Waals surface area contributed by atoms with Gasteiger partial charge in [0, 0.05) is 59.8 Å². The highest BCUT2D eigenvalue weighted by Crippen LogP contribution is 2.39. The lowest BCUT2D eigenvalue weighted by Gasteiger charge is -2.20. The molecular formula is C46H37Cl2N5O7. The molecule has 0 aliphatic rings. The fourth-order valence-corrected chi connectivity index (χ4v) is 6.70. The van der Waals surface area contributed by atoms with Gasteiger partial charge in [-0.15, -0.1) is 0 Å². The summed E-state index contributed by atoms with van der Waals surface area (Å²) in [5.74, 6) is 2.47. The van der Waals surface area contributed by atoms with E-state index >= 15 is 0 Å². The maximum absolute atomic E-state index is 11.9. The predicted octanol–water partition coefficient (Wildman–Crippen LogP) is 9.95. The number of benzene rings is 4. The number of nitrogens with one attached hydrogen (secondary N) is 1. The van der Waals surface area contributed by atoms with E-state index in [4.69, 9.17) is 57.0 Å². The number of rotatable bonds is 17. The molecule has 0 bridgehead atoms. The number of halogens is 2. The summed E-state index contributed by atoms with van der Waals surface area (Å²) in [6.07, 6.45) is 7.91. The standard InChI is InChI=1S/C46H37Cl2N5O7/c1-27-35(25-59-45-13-43(33(17-51)9-41(45)47)57-23-31-5-29(15-49)18-52-20-31)7-37(55-3)11-39(27)40-12-38(56-4)8-36(28(40)2)26-60-46-14-44(34(22-54)10-42(46)48)58-24-32-6-30(16-50)19-53-21-32/h5-14,17-22,51H,23-26H2,1-4H3. The van der Waals surface area contributed by atoms with Crippen LogP contribution in [0.15, 0.2) is 85.5 Å². The number of aromatic nitrogens is 2. The summed E-state index contributed by atoms with van der Waals surface area (Å²) in [4.78, 5) is 20.1. The van der Waals surface area contributed by atoms with Gasteiger partial charge in [-0.25, -0.2) is 0 Å². The first-order valence-electron chi connectivity index (χ1n) is 18.2. The summed E-state index contributed by atoms with van der Waals surface area (Å²) in [5.41, 5.74) is 8.02. The average molecular weight is 843 g/mol. The zero-order chi connectivity index (χ0) is 42.8. The number of methoxy groups -OCH3 is 2. The van der Waals surface area contributed by atoms with Gasteiger partial charge in [0.1, 0.15) is 73.1 Å². The van der Waals surface area contributed by atoms with E-state index in [1.807, 2.05) is 44.2 Å². The highest BCUT2D eigenvalue weighted by atomic mass is 35.5. The van der Waals surface area contributed by atoms with Crippen LogP contribution in [0.25, 0.3) is 11.1 Å². The van der Waals surface area contributed by atoms with Gasteiger partial charge in [0.15, 0.2) is 6.29 Å². The van der Waals surface area contributed by atoms with E-state index in [9.17, 15) is 15.3 Å². The molecule has 0 radical (unpaired) electrons. The number of hydrogen-bond donors (Lipinski definition) is 1. The minimum Gasteiger partial charge on any atom is -0.497 e. The van der Waals surface area contributed by atoms with Gasteiger partial charge in [-0.1, -0.05) is 23.2 Å². The third-order valence-electron chi connectivity index (χ3n) is 9.55. The van der Waals surface area contributed by atoms with Crippen molar-refractivity contribution in [1.82, 2.24) is 9.97 Å². The number of carbonyl (C=O) groups excluding carboxylic acids is 1. The lowest BCUT2D eigenvalue weighted by Crippen LogP contribution is -2.05. The molecule has 6 rings (SSSR count). The zero-order valence-corrected chi connectivity index (χ0v) is 34.5. The third kappa shape index (κ3) is 9.93. The second-order valence-corrected chi connectivity index (χ2v) is 14.2. The summed E-state index contributed by atoms with van der Waals surface area (Å²) in [5, 5.41) is 26.9. The molecular weight excluding hydrogens is 805 g/mol. The first-order chi connectivity index (χ1) is 29.1. The van der Waals surface area contributed by atoms with Gasteiger partial charge in [-0.2, -0.15) is 10.5 Å². The topological polar surface area (TPSA) is 170 Å². The minimum absolute atomic E-state index is 0.0632. The molecule has 0 fully saturated rings. The Labute approximate surface area is 356 Å². The lowest BCUT2D eigenvalue weighted by molar-refractivity contribution is 0.111. The Morgan fingerprint density at radius 2 is 1.03 bits per heavy atom. The second kappa shape index (κ2) is 19.6. The third-order valence-corrected chi connectivity index (χ3v) is 10.1. The van der Waals surface area contributed by atoms with E-state index in [0.29, 0.717) is 67.9 Å². The Kier molecular flexibility index (Phi) is 13.8. The monoisotopic (exact) mass is 841 g/mol. The molecule has 0 saturated heterocycles. The van der Waals surface area contributed by atoms with Gasteiger partial charge >= 0.3 is 0 Å². The molecule has 302 valence electrons. The summed E-state index contributed by atoms with van der Waals surface area (Å²) in [6.45, 7) is 4.36. The molecule has 0 amide bonds. The van der Waals surface area contributed by atoms with Crippen molar-refractivity contribution < 1.29 is 33.2 Å². The quantitative estimate of drug-likeness (QED) is 0.0685. The van der Waals surface area contributed by atoms with Gasteiger partial charge in [-0.3, -0.25) is 14.8 Å². The minimum atomic E-state index is 0.0632. The molecule has 12 nitrogen and oxygen atoms in total. The summed E-state index contributed by atoms with van der Waals surface area (Å²) in [7, 11) is 3.18. The molecule has 0 aliphatic carbocycles. The molecule has 60 heavy (non-hydrogen) atoms. The Hall–Kier alpha value is -7.12. The molecule has 2 heterocycles. The Morgan fingerprint density at radius 1 is 0.600 bits per heavy atom. The fraction of sp³-hybridized carbons (Fsp3) is 0.174. The van der Waals surface area contributed by atoms with Crippen molar-refractivity contribution in [3.63, 3.8) is 0 Å². The molecule has 0 aliphatic heterocycles. The van der Waals surface area contributed by atoms with Crippen LogP contribution in [0.2, 0.25) is 10.0 Å². The van der Waals surface area contributed by atoms with E-state index in [1.54, 1.807) is 56.9 Å². The number of hydrogen-bond acceptors (Lipinski definition) is 12. The van der Waals surface area contributed by atoms with Crippen molar-refractivity contribution in [2.75, 3.05) is 14.2 Å². The smallest absolute Gasteiger partial charge is 0.153 e. The summed E-state index contributed by atoms with van der Waals surface area (Å²) >= 11 is 13.2. The van der Waals surface area contributed by atoms with Crippen molar-refractivity contribution >= 4 is 35.7 Å². The molecule has 2 aromatic heterocycles. The average Bonchev–Trinajstić information content (AvgIpc) is 3.27. The molecule has 14 heteroatoms. The van der Waals surface area contributed by atoms with Crippen LogP contribution < -0.4 is 28.4 Å². The van der Waals surface area contributed by atoms with Crippen molar-refractivity contribution in [2.24, 2.45) is 0 Å². The van der Waals surface area contributed by atoms with Crippen LogP contribution in [-0.4, -0.2) is 36.7 Å². The highest BCUT2D eigenvalue weighted by Gasteiger charge is 2.19. The Balaban J connectivity index is 1.25. The first-order valence-corrected chi connectivity index (χ1v) is 19.0. The van der Waals surface area contributed by atoms with E-state index in [1.165, 1.54) is 18.5 Å².